The zero-order valence-corrected chi connectivity index (χ0v) is 8.22. The second-order valence-electron chi connectivity index (χ2n) is 4.75. The predicted octanol–water partition coefficient (Wildman–Crippen LogP) is 2.41. The van der Waals surface area contributed by atoms with Gasteiger partial charge in [0.1, 0.15) is 0 Å². The Balaban J connectivity index is 2.49. The van der Waals surface area contributed by atoms with Crippen LogP contribution in [0.25, 0.3) is 0 Å². The van der Waals surface area contributed by atoms with Gasteiger partial charge in [0.2, 0.25) is 0 Å². The van der Waals surface area contributed by atoms with E-state index in [9.17, 15) is 0 Å². The van der Waals surface area contributed by atoms with Crippen LogP contribution < -0.4 is 5.73 Å². The first-order chi connectivity index (χ1) is 4.95. The van der Waals surface area contributed by atoms with Crippen LogP contribution in [-0.2, 0) is 0 Å². The van der Waals surface area contributed by atoms with Gasteiger partial charge in [0.25, 0.3) is 0 Å². The van der Waals surface area contributed by atoms with Gasteiger partial charge in [-0.05, 0) is 37.5 Å². The number of hydrogen-bond donors (Lipinski definition) is 1. The summed E-state index contributed by atoms with van der Waals surface area (Å²) in [5.74, 6) is 2.34. The summed E-state index contributed by atoms with van der Waals surface area (Å²) in [6.07, 6.45) is 2.56. The van der Waals surface area contributed by atoms with Gasteiger partial charge in [-0.2, -0.15) is 0 Å². The number of rotatable bonds is 2. The molecule has 66 valence electrons. The van der Waals surface area contributed by atoms with E-state index in [0.717, 1.165) is 17.8 Å². The molecule has 2 N–H and O–H groups in total. The third kappa shape index (κ3) is 1.58. The fourth-order valence-electron chi connectivity index (χ4n) is 2.09. The van der Waals surface area contributed by atoms with E-state index >= 15 is 0 Å². The Labute approximate surface area is 70.4 Å². The quantitative estimate of drug-likeness (QED) is 0.651. The zero-order valence-electron chi connectivity index (χ0n) is 8.22. The van der Waals surface area contributed by atoms with Gasteiger partial charge in [0.05, 0.1) is 0 Å². The van der Waals surface area contributed by atoms with E-state index in [0.29, 0.717) is 0 Å². The number of hydrogen-bond acceptors (Lipinski definition) is 1. The highest BCUT2D eigenvalue weighted by Crippen LogP contribution is 2.43. The first kappa shape index (κ1) is 9.05. The molecule has 1 saturated carbocycles. The number of nitrogens with two attached hydrogens (primary N) is 1. The fraction of sp³-hybridized carbons (Fsp3) is 1.00. The van der Waals surface area contributed by atoms with E-state index in [2.05, 4.69) is 27.7 Å². The summed E-state index contributed by atoms with van der Waals surface area (Å²) >= 11 is 0. The van der Waals surface area contributed by atoms with E-state index < -0.39 is 0 Å². The highest BCUT2D eigenvalue weighted by Gasteiger charge is 2.42. The molecule has 1 nitrogen and oxygen atoms in total. The van der Waals surface area contributed by atoms with Crippen molar-refractivity contribution in [3.63, 3.8) is 0 Å². The Morgan fingerprint density at radius 1 is 1.36 bits per heavy atom. The topological polar surface area (TPSA) is 26.0 Å². The van der Waals surface area contributed by atoms with E-state index in [-0.39, 0.29) is 5.54 Å². The van der Waals surface area contributed by atoms with Gasteiger partial charge in [0.15, 0.2) is 0 Å². The van der Waals surface area contributed by atoms with Gasteiger partial charge >= 0.3 is 0 Å². The van der Waals surface area contributed by atoms with E-state index in [1.165, 1.54) is 12.8 Å². The van der Waals surface area contributed by atoms with Crippen LogP contribution in [0.3, 0.4) is 0 Å². The minimum absolute atomic E-state index is 0.143. The van der Waals surface area contributed by atoms with Gasteiger partial charge in [0, 0.05) is 5.54 Å². The van der Waals surface area contributed by atoms with Gasteiger partial charge in [-0.25, -0.2) is 0 Å². The SMILES string of the molecule is CC(C)C(C)C1CCC1(C)N. The van der Waals surface area contributed by atoms with Crippen LogP contribution in [0, 0.1) is 17.8 Å². The first-order valence-corrected chi connectivity index (χ1v) is 4.74. The summed E-state index contributed by atoms with van der Waals surface area (Å²) in [7, 11) is 0. The van der Waals surface area contributed by atoms with E-state index in [1.807, 2.05) is 0 Å². The lowest BCUT2D eigenvalue weighted by molar-refractivity contribution is 0.0682. The predicted molar refractivity (Wildman–Crippen MR) is 49.3 cm³/mol. The van der Waals surface area contributed by atoms with Crippen LogP contribution in [0.2, 0.25) is 0 Å². The van der Waals surface area contributed by atoms with Crippen LogP contribution in [0.1, 0.15) is 40.5 Å². The maximum atomic E-state index is 6.10. The maximum Gasteiger partial charge on any atom is 0.0157 e. The molecule has 1 rings (SSSR count). The van der Waals surface area contributed by atoms with Crippen molar-refractivity contribution in [2.45, 2.75) is 46.1 Å². The minimum Gasteiger partial charge on any atom is -0.325 e. The van der Waals surface area contributed by atoms with Gasteiger partial charge < -0.3 is 5.73 Å². The van der Waals surface area contributed by atoms with Gasteiger partial charge in [-0.1, -0.05) is 20.8 Å². The Bertz CT molecular complexity index is 138. The Kier molecular flexibility index (Phi) is 2.29. The van der Waals surface area contributed by atoms with Crippen molar-refractivity contribution in [2.24, 2.45) is 23.5 Å². The second kappa shape index (κ2) is 2.78. The molecule has 1 aliphatic rings. The lowest BCUT2D eigenvalue weighted by Gasteiger charge is -2.48. The molecule has 11 heavy (non-hydrogen) atoms. The molecule has 0 aromatic carbocycles. The molecule has 0 bridgehead atoms. The molecule has 1 fully saturated rings. The van der Waals surface area contributed by atoms with Crippen molar-refractivity contribution in [1.82, 2.24) is 0 Å². The molecule has 0 aromatic rings. The normalized spacial score (nSPS) is 40.4. The van der Waals surface area contributed by atoms with Crippen molar-refractivity contribution in [2.75, 3.05) is 0 Å². The Morgan fingerprint density at radius 2 is 1.91 bits per heavy atom. The summed E-state index contributed by atoms with van der Waals surface area (Å²) in [6.45, 7) is 9.11. The summed E-state index contributed by atoms with van der Waals surface area (Å²) in [5.41, 5.74) is 6.25. The van der Waals surface area contributed by atoms with Gasteiger partial charge in [-0.15, -0.1) is 0 Å². The summed E-state index contributed by atoms with van der Waals surface area (Å²) in [6, 6.07) is 0. The minimum atomic E-state index is 0.143. The zero-order chi connectivity index (χ0) is 8.65. The fourth-order valence-corrected chi connectivity index (χ4v) is 2.09. The van der Waals surface area contributed by atoms with Crippen molar-refractivity contribution in [1.29, 1.82) is 0 Å². The van der Waals surface area contributed by atoms with Crippen molar-refractivity contribution < 1.29 is 0 Å². The van der Waals surface area contributed by atoms with Crippen LogP contribution in [-0.4, -0.2) is 5.54 Å². The molecule has 3 atom stereocenters. The average Bonchev–Trinajstić information content (AvgIpc) is 1.85. The van der Waals surface area contributed by atoms with Crippen LogP contribution in [0.4, 0.5) is 0 Å². The highest BCUT2D eigenvalue weighted by molar-refractivity contribution is 4.99. The van der Waals surface area contributed by atoms with Crippen molar-refractivity contribution in [3.05, 3.63) is 0 Å². The monoisotopic (exact) mass is 155 g/mol. The molecular formula is C10H21N. The molecule has 0 saturated heterocycles. The standard InChI is InChI=1S/C10H21N/c1-7(2)8(3)9-5-6-10(9,4)11/h7-9H,5-6,11H2,1-4H3. The molecule has 1 heteroatoms. The largest absolute Gasteiger partial charge is 0.325 e. The summed E-state index contributed by atoms with van der Waals surface area (Å²) in [4.78, 5) is 0. The van der Waals surface area contributed by atoms with Crippen LogP contribution >= 0.6 is 0 Å². The first-order valence-electron chi connectivity index (χ1n) is 4.74. The molecular weight excluding hydrogens is 134 g/mol. The van der Waals surface area contributed by atoms with E-state index in [4.69, 9.17) is 5.73 Å². The van der Waals surface area contributed by atoms with Crippen molar-refractivity contribution in [3.8, 4) is 0 Å². The molecule has 0 aliphatic heterocycles. The van der Waals surface area contributed by atoms with E-state index in [1.54, 1.807) is 0 Å². The maximum absolute atomic E-state index is 6.10. The summed E-state index contributed by atoms with van der Waals surface area (Å²) in [5, 5.41) is 0. The lowest BCUT2D eigenvalue weighted by Crippen LogP contribution is -2.55. The third-order valence-corrected chi connectivity index (χ3v) is 3.53. The van der Waals surface area contributed by atoms with Crippen LogP contribution in [0.5, 0.6) is 0 Å². The molecule has 0 heterocycles. The lowest BCUT2D eigenvalue weighted by atomic mass is 9.61. The second-order valence-corrected chi connectivity index (χ2v) is 4.75. The molecule has 0 radical (unpaired) electrons. The Morgan fingerprint density at radius 3 is 2.00 bits per heavy atom. The molecule has 0 amide bonds. The van der Waals surface area contributed by atoms with Gasteiger partial charge in [-0.3, -0.25) is 0 Å². The molecule has 3 unspecified atom stereocenters. The molecule has 1 aliphatic carbocycles. The highest BCUT2D eigenvalue weighted by atomic mass is 14.8. The van der Waals surface area contributed by atoms with Crippen molar-refractivity contribution >= 4 is 0 Å². The average molecular weight is 155 g/mol. The van der Waals surface area contributed by atoms with Crippen LogP contribution in [0.15, 0.2) is 0 Å². The molecule has 0 spiro atoms. The summed E-state index contributed by atoms with van der Waals surface area (Å²) < 4.78 is 0. The smallest absolute Gasteiger partial charge is 0.0157 e. The Hall–Kier alpha value is -0.0400. The molecule has 0 aromatic heterocycles. The third-order valence-electron chi connectivity index (χ3n) is 3.53.